The van der Waals surface area contributed by atoms with Gasteiger partial charge in [-0.2, -0.15) is 0 Å². The van der Waals surface area contributed by atoms with Crippen molar-refractivity contribution in [1.82, 2.24) is 10.9 Å². The van der Waals surface area contributed by atoms with Gasteiger partial charge in [0.15, 0.2) is 0 Å². The summed E-state index contributed by atoms with van der Waals surface area (Å²) < 4.78 is 25.5. The number of carboxylic acid groups (broad SMARTS) is 1. The summed E-state index contributed by atoms with van der Waals surface area (Å²) >= 11 is 0. The van der Waals surface area contributed by atoms with Crippen LogP contribution in [0.4, 0.5) is 0 Å². The van der Waals surface area contributed by atoms with Gasteiger partial charge in [-0.3, -0.25) is 20.4 Å². The molecule has 0 bridgehead atoms. The molecule has 214 valence electrons. The standard InChI is InChI=1S/C28H26N2O11/c1-37-19-12-10-16(11-13-19)24(31)29-30-25(32)22(40-27(35)17-6-4-8-20(14-17)38-2)23(26(33)34)41-28(36)18-7-5-9-21(15-18)39-3/h4-15,22-23H,1-3H3,(H,29,31)(H,30,32)(H,33,34)/t22-,23-/m1/s1. The maximum absolute atomic E-state index is 13.1. The number of amides is 2. The van der Waals surface area contributed by atoms with Gasteiger partial charge < -0.3 is 28.8 Å². The van der Waals surface area contributed by atoms with Crippen molar-refractivity contribution < 1.29 is 52.8 Å². The second-order valence-electron chi connectivity index (χ2n) is 8.13. The Morgan fingerprint density at radius 3 is 1.56 bits per heavy atom. The molecular formula is C28H26N2O11. The minimum Gasteiger partial charge on any atom is -0.497 e. The van der Waals surface area contributed by atoms with Gasteiger partial charge in [-0.1, -0.05) is 12.1 Å². The molecule has 0 saturated heterocycles. The first-order chi connectivity index (χ1) is 19.7. The number of carbonyl (C=O) groups is 5. The highest BCUT2D eigenvalue weighted by molar-refractivity contribution is 5.99. The summed E-state index contributed by atoms with van der Waals surface area (Å²) in [5, 5.41) is 9.87. The number of methoxy groups -OCH3 is 3. The van der Waals surface area contributed by atoms with Crippen molar-refractivity contribution in [1.29, 1.82) is 0 Å². The van der Waals surface area contributed by atoms with Crippen LogP contribution in [0.25, 0.3) is 0 Å². The van der Waals surface area contributed by atoms with Crippen LogP contribution in [0.15, 0.2) is 72.8 Å². The third kappa shape index (κ3) is 7.95. The number of hydrazine groups is 1. The van der Waals surface area contributed by atoms with Gasteiger partial charge in [-0.15, -0.1) is 0 Å². The summed E-state index contributed by atoms with van der Waals surface area (Å²) in [7, 11) is 4.18. The summed E-state index contributed by atoms with van der Waals surface area (Å²) in [6, 6.07) is 17.1. The van der Waals surface area contributed by atoms with E-state index < -0.39 is 41.9 Å². The first kappa shape index (κ1) is 30.0. The smallest absolute Gasteiger partial charge is 0.349 e. The van der Waals surface area contributed by atoms with E-state index in [1.54, 1.807) is 12.1 Å². The molecule has 0 spiro atoms. The van der Waals surface area contributed by atoms with Crippen LogP contribution in [-0.2, 0) is 19.1 Å². The lowest BCUT2D eigenvalue weighted by Crippen LogP contribution is -2.54. The van der Waals surface area contributed by atoms with E-state index in [1.165, 1.54) is 82.0 Å². The van der Waals surface area contributed by atoms with Crippen molar-refractivity contribution in [3.63, 3.8) is 0 Å². The number of rotatable bonds is 11. The van der Waals surface area contributed by atoms with E-state index in [2.05, 4.69) is 5.43 Å². The minimum atomic E-state index is -2.32. The van der Waals surface area contributed by atoms with E-state index in [4.69, 9.17) is 23.7 Å². The lowest BCUT2D eigenvalue weighted by Gasteiger charge is -2.23. The SMILES string of the molecule is COc1ccc(C(=O)NNC(=O)[C@H](OC(=O)c2cccc(OC)c2)[C@@H](OC(=O)c2cccc(OC)c2)C(=O)O)cc1. The van der Waals surface area contributed by atoms with Crippen LogP contribution in [-0.4, -0.2) is 68.4 Å². The summed E-state index contributed by atoms with van der Waals surface area (Å²) in [5.41, 5.74) is 4.05. The molecule has 0 aliphatic carbocycles. The summed E-state index contributed by atoms with van der Waals surface area (Å²) in [6.45, 7) is 0. The third-order valence-corrected chi connectivity index (χ3v) is 5.51. The number of hydrogen-bond donors (Lipinski definition) is 3. The highest BCUT2D eigenvalue weighted by Crippen LogP contribution is 2.18. The van der Waals surface area contributed by atoms with E-state index in [0.29, 0.717) is 5.75 Å². The molecule has 3 aromatic rings. The number of carboxylic acids is 1. The van der Waals surface area contributed by atoms with Crippen LogP contribution >= 0.6 is 0 Å². The van der Waals surface area contributed by atoms with Gasteiger partial charge in [0.1, 0.15) is 17.2 Å². The fraction of sp³-hybridized carbons (Fsp3) is 0.179. The molecule has 0 heterocycles. The van der Waals surface area contributed by atoms with Crippen LogP contribution in [0.3, 0.4) is 0 Å². The van der Waals surface area contributed by atoms with Gasteiger partial charge >= 0.3 is 17.9 Å². The second kappa shape index (κ2) is 14.0. The Bertz CT molecular complexity index is 1420. The van der Waals surface area contributed by atoms with Crippen LogP contribution in [0.5, 0.6) is 17.2 Å². The Labute approximate surface area is 233 Å². The van der Waals surface area contributed by atoms with Gasteiger partial charge in [0.2, 0.25) is 12.2 Å². The topological polar surface area (TPSA) is 176 Å². The maximum Gasteiger partial charge on any atom is 0.349 e. The van der Waals surface area contributed by atoms with Gasteiger partial charge in [-0.05, 0) is 60.7 Å². The van der Waals surface area contributed by atoms with Crippen molar-refractivity contribution in [3.8, 4) is 17.2 Å². The predicted molar refractivity (Wildman–Crippen MR) is 141 cm³/mol. The van der Waals surface area contributed by atoms with E-state index in [1.807, 2.05) is 5.43 Å². The van der Waals surface area contributed by atoms with Crippen molar-refractivity contribution in [2.24, 2.45) is 0 Å². The first-order valence-electron chi connectivity index (χ1n) is 11.8. The fourth-order valence-electron chi connectivity index (χ4n) is 3.37. The van der Waals surface area contributed by atoms with E-state index in [0.717, 1.165) is 0 Å². The fourth-order valence-corrected chi connectivity index (χ4v) is 3.37. The monoisotopic (exact) mass is 566 g/mol. The number of carbonyl (C=O) groups excluding carboxylic acids is 4. The summed E-state index contributed by atoms with van der Waals surface area (Å²) in [4.78, 5) is 63.5. The maximum atomic E-state index is 13.1. The van der Waals surface area contributed by atoms with Gasteiger partial charge in [0, 0.05) is 5.56 Å². The average Bonchev–Trinajstić information content (AvgIpc) is 3.00. The number of ether oxygens (including phenoxy) is 5. The third-order valence-electron chi connectivity index (χ3n) is 5.51. The Morgan fingerprint density at radius 1 is 0.610 bits per heavy atom. The molecule has 0 saturated carbocycles. The zero-order valence-electron chi connectivity index (χ0n) is 22.1. The van der Waals surface area contributed by atoms with Crippen molar-refractivity contribution in [2.45, 2.75) is 12.2 Å². The predicted octanol–water partition coefficient (Wildman–Crippen LogP) is 2.01. The van der Waals surface area contributed by atoms with Crippen LogP contribution in [0.1, 0.15) is 31.1 Å². The molecule has 3 N–H and O–H groups in total. The van der Waals surface area contributed by atoms with E-state index in [-0.39, 0.29) is 28.2 Å². The number of benzene rings is 3. The highest BCUT2D eigenvalue weighted by atomic mass is 16.6. The molecule has 0 aliphatic rings. The molecule has 2 amide bonds. The number of esters is 2. The molecule has 13 heteroatoms. The molecule has 0 fully saturated rings. The zero-order valence-corrected chi connectivity index (χ0v) is 22.1. The first-order valence-corrected chi connectivity index (χ1v) is 11.8. The lowest BCUT2D eigenvalue weighted by molar-refractivity contribution is -0.159. The van der Waals surface area contributed by atoms with Crippen LogP contribution < -0.4 is 25.1 Å². The molecule has 13 nitrogen and oxygen atoms in total. The zero-order chi connectivity index (χ0) is 29.9. The van der Waals surface area contributed by atoms with E-state index in [9.17, 15) is 29.1 Å². The van der Waals surface area contributed by atoms with E-state index >= 15 is 0 Å². The molecule has 0 unspecified atom stereocenters. The summed E-state index contributed by atoms with van der Waals surface area (Å²) in [5.74, 6) is -5.10. The van der Waals surface area contributed by atoms with Gasteiger partial charge in [-0.25, -0.2) is 14.4 Å². The Kier molecular flexibility index (Phi) is 10.2. The molecule has 41 heavy (non-hydrogen) atoms. The molecule has 3 aromatic carbocycles. The number of hydrogen-bond acceptors (Lipinski definition) is 10. The number of nitrogens with one attached hydrogen (secondary N) is 2. The lowest BCUT2D eigenvalue weighted by atomic mass is 10.1. The molecule has 0 aliphatic heterocycles. The van der Waals surface area contributed by atoms with Crippen molar-refractivity contribution in [3.05, 3.63) is 89.5 Å². The Hall–Kier alpha value is -5.59. The largest absolute Gasteiger partial charge is 0.497 e. The minimum absolute atomic E-state index is 0.0901. The molecule has 2 atom stereocenters. The van der Waals surface area contributed by atoms with Crippen LogP contribution in [0.2, 0.25) is 0 Å². The average molecular weight is 567 g/mol. The Morgan fingerprint density at radius 2 is 1.10 bits per heavy atom. The normalized spacial score (nSPS) is 11.7. The Balaban J connectivity index is 1.86. The number of aliphatic carboxylic acids is 1. The van der Waals surface area contributed by atoms with Crippen molar-refractivity contribution in [2.75, 3.05) is 21.3 Å². The van der Waals surface area contributed by atoms with Gasteiger partial charge in [0.05, 0.1) is 32.5 Å². The highest BCUT2D eigenvalue weighted by Gasteiger charge is 2.41. The van der Waals surface area contributed by atoms with Gasteiger partial charge in [0.25, 0.3) is 11.8 Å². The molecule has 0 radical (unpaired) electrons. The molecule has 0 aromatic heterocycles. The quantitative estimate of drug-likeness (QED) is 0.229. The molecule has 3 rings (SSSR count). The summed E-state index contributed by atoms with van der Waals surface area (Å²) in [6.07, 6.45) is -4.56. The second-order valence-corrected chi connectivity index (χ2v) is 8.13. The van der Waals surface area contributed by atoms with Crippen LogP contribution in [0, 0.1) is 0 Å². The van der Waals surface area contributed by atoms with Crippen molar-refractivity contribution >= 4 is 29.7 Å². The molecular weight excluding hydrogens is 540 g/mol.